The van der Waals surface area contributed by atoms with Crippen LogP contribution in [0, 0.1) is 17.8 Å². The van der Waals surface area contributed by atoms with Gasteiger partial charge in [-0.3, -0.25) is 19.3 Å². The first-order valence-corrected chi connectivity index (χ1v) is 6.60. The average Bonchev–Trinajstić information content (AvgIpc) is 2.77. The van der Waals surface area contributed by atoms with Crippen LogP contribution in [0.4, 0.5) is 0 Å². The Morgan fingerprint density at radius 1 is 1.33 bits per heavy atom. The van der Waals surface area contributed by atoms with E-state index in [0.717, 1.165) is 12.8 Å². The summed E-state index contributed by atoms with van der Waals surface area (Å²) in [6.07, 6.45) is 2.99. The van der Waals surface area contributed by atoms with Crippen LogP contribution >= 0.6 is 0 Å². The number of carbonyl (C=O) groups is 3. The van der Waals surface area contributed by atoms with Crippen LogP contribution in [-0.2, 0) is 14.4 Å². The molecule has 2 bridgehead atoms. The van der Waals surface area contributed by atoms with Crippen LogP contribution < -0.4 is 0 Å². The zero-order chi connectivity index (χ0) is 13.3. The number of amides is 2. The quantitative estimate of drug-likeness (QED) is 0.749. The first kappa shape index (κ1) is 13.1. The van der Waals surface area contributed by atoms with Crippen LogP contribution in [0.25, 0.3) is 0 Å². The molecule has 2 rings (SSSR count). The number of nitrogens with zero attached hydrogens (tertiary/aromatic N) is 1. The minimum atomic E-state index is -0.873. The SMILES string of the molecule is CCC(CC(=O)O)CN1C(=O)C2CCC(C2)C1=O. The molecule has 0 spiro atoms. The number of fused-ring (bicyclic) bond motifs is 2. The Morgan fingerprint density at radius 3 is 2.33 bits per heavy atom. The van der Waals surface area contributed by atoms with E-state index < -0.39 is 5.97 Å². The third-order valence-electron chi connectivity index (χ3n) is 4.14. The number of rotatable bonds is 5. The van der Waals surface area contributed by atoms with Gasteiger partial charge in [-0.2, -0.15) is 0 Å². The number of aliphatic carboxylic acids is 1. The highest BCUT2D eigenvalue weighted by Crippen LogP contribution is 2.38. The number of imide groups is 1. The van der Waals surface area contributed by atoms with Gasteiger partial charge in [0.2, 0.25) is 11.8 Å². The molecule has 5 heteroatoms. The highest BCUT2D eigenvalue weighted by molar-refractivity contribution is 6.00. The van der Waals surface area contributed by atoms with Crippen LogP contribution in [0.2, 0.25) is 0 Å². The summed E-state index contributed by atoms with van der Waals surface area (Å²) in [5.41, 5.74) is 0. The van der Waals surface area contributed by atoms with Crippen molar-refractivity contribution in [1.29, 1.82) is 0 Å². The van der Waals surface area contributed by atoms with Crippen LogP contribution in [0.1, 0.15) is 39.0 Å². The van der Waals surface area contributed by atoms with E-state index in [-0.39, 0.29) is 42.5 Å². The van der Waals surface area contributed by atoms with Gasteiger partial charge in [0.15, 0.2) is 0 Å². The predicted molar refractivity (Wildman–Crippen MR) is 63.6 cm³/mol. The molecule has 0 aromatic rings. The van der Waals surface area contributed by atoms with E-state index in [1.807, 2.05) is 6.92 Å². The molecule has 1 aliphatic heterocycles. The lowest BCUT2D eigenvalue weighted by Crippen LogP contribution is -2.48. The van der Waals surface area contributed by atoms with E-state index in [9.17, 15) is 14.4 Å². The van der Waals surface area contributed by atoms with Gasteiger partial charge in [-0.15, -0.1) is 0 Å². The molecular weight excluding hydrogens is 234 g/mol. The van der Waals surface area contributed by atoms with Crippen LogP contribution in [0.15, 0.2) is 0 Å². The van der Waals surface area contributed by atoms with E-state index in [2.05, 4.69) is 0 Å². The Kier molecular flexibility index (Phi) is 3.68. The second-order valence-electron chi connectivity index (χ2n) is 5.37. The maximum absolute atomic E-state index is 12.1. The Bertz CT molecular complexity index is 357. The smallest absolute Gasteiger partial charge is 0.303 e. The molecule has 1 aliphatic carbocycles. The zero-order valence-electron chi connectivity index (χ0n) is 10.6. The van der Waals surface area contributed by atoms with Gasteiger partial charge >= 0.3 is 5.97 Å². The van der Waals surface area contributed by atoms with Crippen molar-refractivity contribution in [3.63, 3.8) is 0 Å². The molecule has 18 heavy (non-hydrogen) atoms. The number of likely N-dealkylation sites (tertiary alicyclic amines) is 1. The van der Waals surface area contributed by atoms with Crippen molar-refractivity contribution in [1.82, 2.24) is 4.90 Å². The number of piperidine rings is 1. The number of carbonyl (C=O) groups excluding carboxylic acids is 2. The largest absolute Gasteiger partial charge is 0.481 e. The molecular formula is C13H19NO4. The Labute approximate surface area is 106 Å². The lowest BCUT2D eigenvalue weighted by atomic mass is 9.94. The maximum Gasteiger partial charge on any atom is 0.303 e. The van der Waals surface area contributed by atoms with Gasteiger partial charge in [0.05, 0.1) is 0 Å². The molecule has 1 saturated carbocycles. The lowest BCUT2D eigenvalue weighted by Gasteiger charge is -2.32. The maximum atomic E-state index is 12.1. The zero-order valence-corrected chi connectivity index (χ0v) is 10.6. The standard InChI is InChI=1S/C13H19NO4/c1-2-8(5-11(15)16)7-14-12(17)9-3-4-10(6-9)13(14)18/h8-10H,2-7H2,1H3,(H,15,16). The first-order chi connectivity index (χ1) is 8.52. The van der Waals surface area contributed by atoms with Gasteiger partial charge < -0.3 is 5.11 Å². The van der Waals surface area contributed by atoms with E-state index in [1.54, 1.807) is 0 Å². The van der Waals surface area contributed by atoms with Gasteiger partial charge in [0.1, 0.15) is 0 Å². The van der Waals surface area contributed by atoms with Crippen molar-refractivity contribution in [3.05, 3.63) is 0 Å². The first-order valence-electron chi connectivity index (χ1n) is 6.60. The minimum Gasteiger partial charge on any atom is -0.481 e. The van der Waals surface area contributed by atoms with Crippen molar-refractivity contribution in [2.24, 2.45) is 17.8 Å². The van der Waals surface area contributed by atoms with Crippen molar-refractivity contribution in [2.45, 2.75) is 39.0 Å². The van der Waals surface area contributed by atoms with Gasteiger partial charge in [0, 0.05) is 24.8 Å². The molecule has 0 aromatic heterocycles. The van der Waals surface area contributed by atoms with E-state index in [1.165, 1.54) is 4.90 Å². The van der Waals surface area contributed by atoms with Crippen LogP contribution in [0.3, 0.4) is 0 Å². The Morgan fingerprint density at radius 2 is 1.89 bits per heavy atom. The summed E-state index contributed by atoms with van der Waals surface area (Å²) in [5.74, 6) is -1.19. The summed E-state index contributed by atoms with van der Waals surface area (Å²) in [6, 6.07) is 0. The summed E-state index contributed by atoms with van der Waals surface area (Å²) in [5, 5.41) is 8.80. The predicted octanol–water partition coefficient (Wildman–Crippen LogP) is 1.27. The van der Waals surface area contributed by atoms with Crippen LogP contribution in [0.5, 0.6) is 0 Å². The van der Waals surface area contributed by atoms with Crippen molar-refractivity contribution >= 4 is 17.8 Å². The number of carboxylic acids is 1. The fraction of sp³-hybridized carbons (Fsp3) is 0.769. The highest BCUT2D eigenvalue weighted by atomic mass is 16.4. The van der Waals surface area contributed by atoms with E-state index >= 15 is 0 Å². The van der Waals surface area contributed by atoms with Gasteiger partial charge in [-0.1, -0.05) is 13.3 Å². The monoisotopic (exact) mass is 253 g/mol. The molecule has 5 nitrogen and oxygen atoms in total. The summed E-state index contributed by atoms with van der Waals surface area (Å²) in [7, 11) is 0. The third-order valence-corrected chi connectivity index (χ3v) is 4.14. The molecule has 0 aromatic carbocycles. The Balaban J connectivity index is 2.05. The molecule has 1 N–H and O–H groups in total. The molecule has 1 saturated heterocycles. The molecule has 100 valence electrons. The van der Waals surface area contributed by atoms with Crippen molar-refractivity contribution < 1.29 is 19.5 Å². The van der Waals surface area contributed by atoms with Gasteiger partial charge in [0.25, 0.3) is 0 Å². The van der Waals surface area contributed by atoms with E-state index in [0.29, 0.717) is 12.8 Å². The summed E-state index contributed by atoms with van der Waals surface area (Å²) in [6.45, 7) is 2.16. The van der Waals surface area contributed by atoms with Gasteiger partial charge in [-0.05, 0) is 25.2 Å². The molecule has 2 aliphatic rings. The van der Waals surface area contributed by atoms with Gasteiger partial charge in [-0.25, -0.2) is 0 Å². The summed E-state index contributed by atoms with van der Waals surface area (Å²) >= 11 is 0. The van der Waals surface area contributed by atoms with Crippen LogP contribution in [-0.4, -0.2) is 34.3 Å². The molecule has 3 unspecified atom stereocenters. The lowest BCUT2D eigenvalue weighted by molar-refractivity contribution is -0.154. The minimum absolute atomic E-state index is 0.00460. The van der Waals surface area contributed by atoms with Crippen molar-refractivity contribution in [3.8, 4) is 0 Å². The number of hydrogen-bond donors (Lipinski definition) is 1. The molecule has 2 amide bonds. The summed E-state index contributed by atoms with van der Waals surface area (Å²) < 4.78 is 0. The topological polar surface area (TPSA) is 74.7 Å². The fourth-order valence-corrected chi connectivity index (χ4v) is 3.00. The second kappa shape index (κ2) is 5.08. The summed E-state index contributed by atoms with van der Waals surface area (Å²) in [4.78, 5) is 36.2. The Hall–Kier alpha value is -1.39. The van der Waals surface area contributed by atoms with E-state index in [4.69, 9.17) is 5.11 Å². The molecule has 2 fully saturated rings. The highest BCUT2D eigenvalue weighted by Gasteiger charge is 2.45. The average molecular weight is 253 g/mol. The molecule has 1 heterocycles. The normalized spacial score (nSPS) is 28.6. The second-order valence-corrected chi connectivity index (χ2v) is 5.37. The van der Waals surface area contributed by atoms with Crippen molar-refractivity contribution in [2.75, 3.05) is 6.54 Å². The third kappa shape index (κ3) is 2.40. The number of carboxylic acid groups (broad SMARTS) is 1. The number of hydrogen-bond acceptors (Lipinski definition) is 3. The molecule has 3 atom stereocenters. The molecule has 0 radical (unpaired) electrons. The fourth-order valence-electron chi connectivity index (χ4n) is 3.00.